The summed E-state index contributed by atoms with van der Waals surface area (Å²) in [4.78, 5) is 37.7. The second-order valence-electron chi connectivity index (χ2n) is 9.12. The molecule has 0 radical (unpaired) electrons. The van der Waals surface area contributed by atoms with E-state index in [1.165, 1.54) is 0 Å². The molecule has 2 N–H and O–H groups in total. The quantitative estimate of drug-likeness (QED) is 0.731. The fourth-order valence-corrected chi connectivity index (χ4v) is 4.41. The molecule has 1 fully saturated rings. The van der Waals surface area contributed by atoms with Gasteiger partial charge in [0.15, 0.2) is 0 Å². The van der Waals surface area contributed by atoms with Crippen LogP contribution in [0.1, 0.15) is 30.0 Å². The number of carbonyl (C=O) groups is 2. The van der Waals surface area contributed by atoms with E-state index in [4.69, 9.17) is 4.99 Å². The number of nitrogens with one attached hydrogen (secondary N) is 2. The summed E-state index contributed by atoms with van der Waals surface area (Å²) in [7, 11) is 2.11. The molecule has 180 valence electrons. The average Bonchev–Trinajstić information content (AvgIpc) is 2.90. The maximum Gasteiger partial charge on any atom is 0.321 e. The molecule has 8 heteroatoms. The summed E-state index contributed by atoms with van der Waals surface area (Å²) in [6.07, 6.45) is -0.218. The summed E-state index contributed by atoms with van der Waals surface area (Å²) in [5.74, 6) is 0.537. The fraction of sp³-hybridized carbons (Fsp3) is 0.423. The van der Waals surface area contributed by atoms with Gasteiger partial charge in [0, 0.05) is 44.0 Å². The second kappa shape index (κ2) is 10.3. The van der Waals surface area contributed by atoms with E-state index < -0.39 is 12.2 Å². The summed E-state index contributed by atoms with van der Waals surface area (Å²) in [5, 5.41) is 5.66. The van der Waals surface area contributed by atoms with Crippen LogP contribution in [-0.2, 0) is 4.79 Å². The largest absolute Gasteiger partial charge is 0.354 e. The van der Waals surface area contributed by atoms with Crippen LogP contribution in [0, 0.1) is 13.8 Å². The molecule has 0 bridgehead atoms. The molecule has 0 unspecified atom stereocenters. The van der Waals surface area contributed by atoms with Crippen LogP contribution in [0.5, 0.6) is 0 Å². The van der Waals surface area contributed by atoms with Gasteiger partial charge in [-0.1, -0.05) is 30.7 Å². The van der Waals surface area contributed by atoms with Gasteiger partial charge in [0.05, 0.1) is 5.69 Å². The zero-order valence-corrected chi connectivity index (χ0v) is 20.5. The summed E-state index contributed by atoms with van der Waals surface area (Å²) in [6.45, 7) is 10.1. The number of amidine groups is 1. The molecule has 1 saturated heterocycles. The van der Waals surface area contributed by atoms with Gasteiger partial charge in [0.1, 0.15) is 5.84 Å². The van der Waals surface area contributed by atoms with Crippen LogP contribution >= 0.6 is 0 Å². The van der Waals surface area contributed by atoms with Crippen molar-refractivity contribution in [1.29, 1.82) is 0 Å². The maximum absolute atomic E-state index is 13.7. The molecule has 8 nitrogen and oxygen atoms in total. The van der Waals surface area contributed by atoms with Crippen molar-refractivity contribution < 1.29 is 9.59 Å². The van der Waals surface area contributed by atoms with Gasteiger partial charge in [-0.05, 0) is 57.1 Å². The van der Waals surface area contributed by atoms with Crippen molar-refractivity contribution in [3.63, 3.8) is 0 Å². The van der Waals surface area contributed by atoms with Gasteiger partial charge in [0.2, 0.25) is 6.17 Å². The monoisotopic (exact) mass is 462 g/mol. The highest BCUT2D eigenvalue weighted by Crippen LogP contribution is 2.29. The summed E-state index contributed by atoms with van der Waals surface area (Å²) in [5.41, 5.74) is 4.60. The third kappa shape index (κ3) is 5.22. The number of hydrogen-bond acceptors (Lipinski definition) is 5. The molecular weight excluding hydrogens is 428 g/mol. The van der Waals surface area contributed by atoms with E-state index in [-0.39, 0.29) is 5.91 Å². The number of anilines is 2. The topological polar surface area (TPSA) is 80.3 Å². The number of likely N-dealkylation sites (N-methyl/N-ethyl adjacent to an activating group) is 1. The van der Waals surface area contributed by atoms with E-state index >= 15 is 0 Å². The number of urea groups is 1. The zero-order chi connectivity index (χ0) is 24.2. The lowest BCUT2D eigenvalue weighted by atomic mass is 10.1. The van der Waals surface area contributed by atoms with Crippen molar-refractivity contribution in [2.45, 2.75) is 33.4 Å². The molecule has 34 heavy (non-hydrogen) atoms. The van der Waals surface area contributed by atoms with Gasteiger partial charge in [-0.25, -0.2) is 9.79 Å². The van der Waals surface area contributed by atoms with Crippen molar-refractivity contribution in [2.24, 2.45) is 4.99 Å². The second-order valence-corrected chi connectivity index (χ2v) is 9.12. The first kappa shape index (κ1) is 23.8. The first-order valence-corrected chi connectivity index (χ1v) is 11.9. The minimum Gasteiger partial charge on any atom is -0.354 e. The Morgan fingerprint density at radius 3 is 2.50 bits per heavy atom. The molecule has 2 aromatic carbocycles. The molecule has 2 aliphatic heterocycles. The van der Waals surface area contributed by atoms with Gasteiger partial charge < -0.3 is 25.3 Å². The number of rotatable bonds is 4. The zero-order valence-electron chi connectivity index (χ0n) is 20.5. The van der Waals surface area contributed by atoms with Crippen molar-refractivity contribution in [3.05, 3.63) is 59.2 Å². The number of nitrogens with zero attached hydrogens (tertiary/aromatic N) is 4. The fourth-order valence-electron chi connectivity index (χ4n) is 4.41. The molecule has 0 saturated carbocycles. The SMILES string of the molecule is CCCN1C(=O)[C@H](NC(=O)Nc2cccc(C)c2)N=C(N2CCN(C)CC2)c2cc(C)ccc21. The lowest BCUT2D eigenvalue weighted by Gasteiger charge is -2.35. The van der Waals surface area contributed by atoms with Crippen LogP contribution < -0.4 is 15.5 Å². The minimum absolute atomic E-state index is 0.226. The molecule has 1 atom stereocenters. The van der Waals surface area contributed by atoms with Crippen LogP contribution in [0.4, 0.5) is 16.2 Å². The maximum atomic E-state index is 13.7. The average molecular weight is 463 g/mol. The van der Waals surface area contributed by atoms with E-state index in [0.29, 0.717) is 12.2 Å². The molecular formula is C26H34N6O2. The third-order valence-corrected chi connectivity index (χ3v) is 6.23. The van der Waals surface area contributed by atoms with Crippen molar-refractivity contribution >= 4 is 29.1 Å². The molecule has 0 aliphatic carbocycles. The molecule has 4 rings (SSSR count). The molecule has 3 amide bonds. The van der Waals surface area contributed by atoms with Gasteiger partial charge >= 0.3 is 6.03 Å². The lowest BCUT2D eigenvalue weighted by Crippen LogP contribution is -2.50. The van der Waals surface area contributed by atoms with E-state index in [1.807, 2.05) is 57.2 Å². The first-order valence-electron chi connectivity index (χ1n) is 11.9. The number of aliphatic imine (C=N–C) groups is 1. The van der Waals surface area contributed by atoms with Gasteiger partial charge in [-0.2, -0.15) is 0 Å². The highest BCUT2D eigenvalue weighted by molar-refractivity contribution is 6.12. The van der Waals surface area contributed by atoms with E-state index in [9.17, 15) is 9.59 Å². The highest BCUT2D eigenvalue weighted by atomic mass is 16.2. The summed E-state index contributed by atoms with van der Waals surface area (Å²) >= 11 is 0. The van der Waals surface area contributed by atoms with E-state index in [1.54, 1.807) is 4.90 Å². The normalized spacial score (nSPS) is 18.8. The number of fused-ring (bicyclic) bond motifs is 1. The number of amides is 3. The Kier molecular flexibility index (Phi) is 7.17. The van der Waals surface area contributed by atoms with Crippen LogP contribution in [0.2, 0.25) is 0 Å². The minimum atomic E-state index is -1.02. The Hall–Kier alpha value is -3.39. The Labute approximate surface area is 201 Å². The van der Waals surface area contributed by atoms with Crippen molar-refractivity contribution in [2.75, 3.05) is 50.0 Å². The molecule has 0 aromatic heterocycles. The van der Waals surface area contributed by atoms with Gasteiger partial charge in [-0.3, -0.25) is 4.79 Å². The molecule has 2 heterocycles. The number of benzodiazepines with no additional fused rings is 1. The lowest BCUT2D eigenvalue weighted by molar-refractivity contribution is -0.120. The van der Waals surface area contributed by atoms with E-state index in [2.05, 4.69) is 33.5 Å². The van der Waals surface area contributed by atoms with Crippen LogP contribution in [0.25, 0.3) is 0 Å². The van der Waals surface area contributed by atoms with Crippen LogP contribution in [0.3, 0.4) is 0 Å². The highest BCUT2D eigenvalue weighted by Gasteiger charge is 2.34. The molecule has 0 spiro atoms. The molecule has 2 aromatic rings. The summed E-state index contributed by atoms with van der Waals surface area (Å²) in [6, 6.07) is 13.2. The number of piperazine rings is 1. The Morgan fingerprint density at radius 2 is 1.79 bits per heavy atom. The third-order valence-electron chi connectivity index (χ3n) is 6.23. The number of benzene rings is 2. The van der Waals surface area contributed by atoms with Crippen LogP contribution in [0.15, 0.2) is 47.5 Å². The summed E-state index contributed by atoms with van der Waals surface area (Å²) < 4.78 is 0. The standard InChI is InChI=1S/C26H34N6O2/c1-5-11-32-22-10-9-19(3)17-21(22)24(31-14-12-30(4)13-15-31)28-23(25(32)33)29-26(34)27-20-8-6-7-18(2)16-20/h6-10,16-17,23H,5,11-15H2,1-4H3,(H2,27,29,34)/t23-/m0/s1. The Balaban J connectivity index is 1.69. The van der Waals surface area contributed by atoms with Crippen molar-refractivity contribution in [1.82, 2.24) is 15.1 Å². The Morgan fingerprint density at radius 1 is 1.06 bits per heavy atom. The Bertz CT molecular complexity index is 1090. The van der Waals surface area contributed by atoms with Crippen LogP contribution in [-0.4, -0.2) is 73.5 Å². The number of hydrogen-bond donors (Lipinski definition) is 2. The smallest absolute Gasteiger partial charge is 0.321 e. The van der Waals surface area contributed by atoms with Gasteiger partial charge in [-0.15, -0.1) is 0 Å². The van der Waals surface area contributed by atoms with E-state index in [0.717, 1.165) is 60.8 Å². The van der Waals surface area contributed by atoms with Crippen molar-refractivity contribution in [3.8, 4) is 0 Å². The number of aryl methyl sites for hydroxylation is 2. The molecule has 2 aliphatic rings. The predicted octanol–water partition coefficient (Wildman–Crippen LogP) is 3.20. The first-order chi connectivity index (χ1) is 16.4. The number of carbonyl (C=O) groups excluding carboxylic acids is 2. The van der Waals surface area contributed by atoms with Gasteiger partial charge in [0.25, 0.3) is 5.91 Å². The predicted molar refractivity (Wildman–Crippen MR) is 137 cm³/mol.